The predicted octanol–water partition coefficient (Wildman–Crippen LogP) is 3.50. The maximum Gasteiger partial charge on any atom is 0.261 e. The molecule has 4 aromatic rings. The summed E-state index contributed by atoms with van der Waals surface area (Å²) in [4.78, 5) is 5.41. The average Bonchev–Trinajstić information content (AvgIpc) is 2.89. The van der Waals surface area contributed by atoms with Crippen molar-refractivity contribution >= 4 is 39.5 Å². The van der Waals surface area contributed by atoms with Crippen LogP contribution in [-0.4, -0.2) is 15.2 Å². The van der Waals surface area contributed by atoms with Crippen LogP contribution in [0.3, 0.4) is 0 Å². The van der Waals surface area contributed by atoms with E-state index in [1.165, 1.54) is 11.8 Å². The quantitative estimate of drug-likeness (QED) is 0.570. The van der Waals surface area contributed by atoms with Crippen LogP contribution in [0.15, 0.2) is 63.2 Å². The minimum absolute atomic E-state index is 0.564. The maximum absolute atomic E-state index is 5.75. The van der Waals surface area contributed by atoms with E-state index in [9.17, 15) is 0 Å². The molecule has 0 unspecified atom stereocenters. The van der Waals surface area contributed by atoms with Crippen LogP contribution < -0.4 is 5.73 Å². The third kappa shape index (κ3) is 2.19. The Morgan fingerprint density at radius 1 is 1.05 bits per heavy atom. The molecule has 0 aliphatic heterocycles. The van der Waals surface area contributed by atoms with Gasteiger partial charge < -0.3 is 10.2 Å². The van der Waals surface area contributed by atoms with Gasteiger partial charge in [-0.05, 0) is 30.0 Å². The Labute approximate surface area is 124 Å². The summed E-state index contributed by atoms with van der Waals surface area (Å²) in [6, 6.07) is 13.3. The molecular weight excluding hydrogens is 284 g/mol. The summed E-state index contributed by atoms with van der Waals surface area (Å²) < 4.78 is 5.73. The minimum atomic E-state index is 0.564. The summed E-state index contributed by atoms with van der Waals surface area (Å²) in [5.74, 6) is 0. The zero-order valence-electron chi connectivity index (χ0n) is 10.9. The van der Waals surface area contributed by atoms with Crippen molar-refractivity contribution in [3.8, 4) is 0 Å². The number of nitrogens with two attached hydrogens (primary N) is 1. The lowest BCUT2D eigenvalue weighted by atomic mass is 10.2. The van der Waals surface area contributed by atoms with Crippen LogP contribution in [0.5, 0.6) is 0 Å². The molecule has 0 saturated heterocycles. The highest BCUT2D eigenvalue weighted by Gasteiger charge is 2.10. The van der Waals surface area contributed by atoms with Crippen LogP contribution in [0.1, 0.15) is 0 Å². The molecule has 0 saturated carbocycles. The predicted molar refractivity (Wildman–Crippen MR) is 82.1 cm³/mol. The number of aromatic nitrogens is 3. The molecule has 2 aromatic heterocycles. The first kappa shape index (κ1) is 12.2. The molecule has 0 amide bonds. The van der Waals surface area contributed by atoms with E-state index in [1.54, 1.807) is 12.3 Å². The van der Waals surface area contributed by atoms with Crippen molar-refractivity contribution in [2.45, 2.75) is 10.1 Å². The summed E-state index contributed by atoms with van der Waals surface area (Å²) >= 11 is 1.43. The molecule has 0 bridgehead atoms. The van der Waals surface area contributed by atoms with E-state index in [2.05, 4.69) is 15.2 Å². The Bertz CT molecular complexity index is 945. The highest BCUT2D eigenvalue weighted by atomic mass is 32.2. The second-order valence-corrected chi connectivity index (χ2v) is 5.53. The standard InChI is InChI=1S/C15H10N4OS/c16-9-5-6-12-13(7-9)20-15(18-12)21-14-8-17-19-11-4-2-1-3-10(11)14/h1-8H,16H2. The molecule has 102 valence electrons. The smallest absolute Gasteiger partial charge is 0.261 e. The number of anilines is 1. The fourth-order valence-corrected chi connectivity index (χ4v) is 2.97. The van der Waals surface area contributed by atoms with E-state index in [4.69, 9.17) is 10.2 Å². The monoisotopic (exact) mass is 294 g/mol. The summed E-state index contributed by atoms with van der Waals surface area (Å²) in [5.41, 5.74) is 8.73. The summed E-state index contributed by atoms with van der Waals surface area (Å²) in [7, 11) is 0. The summed E-state index contributed by atoms with van der Waals surface area (Å²) in [5, 5.41) is 9.71. The number of nitrogens with zero attached hydrogens (tertiary/aromatic N) is 3. The van der Waals surface area contributed by atoms with E-state index >= 15 is 0 Å². The number of hydrogen-bond donors (Lipinski definition) is 1. The fraction of sp³-hybridized carbons (Fsp3) is 0. The fourth-order valence-electron chi connectivity index (χ4n) is 2.12. The number of oxazole rings is 1. The Hall–Kier alpha value is -2.60. The van der Waals surface area contributed by atoms with E-state index in [1.807, 2.05) is 36.4 Å². The Kier molecular flexibility index (Phi) is 2.75. The molecule has 0 fully saturated rings. The molecule has 5 nitrogen and oxygen atoms in total. The van der Waals surface area contributed by atoms with E-state index in [0.29, 0.717) is 16.5 Å². The molecule has 4 rings (SSSR count). The minimum Gasteiger partial charge on any atom is -0.431 e. The van der Waals surface area contributed by atoms with Gasteiger partial charge in [-0.2, -0.15) is 10.2 Å². The summed E-state index contributed by atoms with van der Waals surface area (Å²) in [6.45, 7) is 0. The molecule has 6 heteroatoms. The van der Waals surface area contributed by atoms with E-state index < -0.39 is 0 Å². The lowest BCUT2D eigenvalue weighted by molar-refractivity contribution is 0.489. The van der Waals surface area contributed by atoms with Crippen molar-refractivity contribution in [1.29, 1.82) is 0 Å². The van der Waals surface area contributed by atoms with E-state index in [-0.39, 0.29) is 0 Å². The van der Waals surface area contributed by atoms with Crippen LogP contribution in [0.25, 0.3) is 22.0 Å². The van der Waals surface area contributed by atoms with Crippen molar-refractivity contribution in [3.05, 3.63) is 48.7 Å². The van der Waals surface area contributed by atoms with Crippen LogP contribution in [0, 0.1) is 0 Å². The molecule has 0 radical (unpaired) electrons. The number of nitrogen functional groups attached to an aromatic ring is 1. The average molecular weight is 294 g/mol. The second kappa shape index (κ2) is 4.75. The molecule has 2 N–H and O–H groups in total. The van der Waals surface area contributed by atoms with Gasteiger partial charge in [-0.15, -0.1) is 0 Å². The van der Waals surface area contributed by atoms with Crippen molar-refractivity contribution in [2.75, 3.05) is 5.73 Å². The zero-order chi connectivity index (χ0) is 14.2. The Morgan fingerprint density at radius 2 is 1.95 bits per heavy atom. The highest BCUT2D eigenvalue weighted by Crippen LogP contribution is 2.33. The number of fused-ring (bicyclic) bond motifs is 2. The van der Waals surface area contributed by atoms with Crippen molar-refractivity contribution < 1.29 is 4.42 Å². The van der Waals surface area contributed by atoms with Crippen molar-refractivity contribution in [3.63, 3.8) is 0 Å². The second-order valence-electron chi connectivity index (χ2n) is 4.53. The molecule has 0 aliphatic carbocycles. The Morgan fingerprint density at radius 3 is 2.90 bits per heavy atom. The first-order valence-electron chi connectivity index (χ1n) is 6.34. The van der Waals surface area contributed by atoms with Gasteiger partial charge in [0.05, 0.1) is 11.7 Å². The molecular formula is C15H10N4OS. The van der Waals surface area contributed by atoms with Gasteiger partial charge in [0.15, 0.2) is 5.58 Å². The molecule has 0 spiro atoms. The van der Waals surface area contributed by atoms with Crippen LogP contribution in [0.2, 0.25) is 0 Å². The van der Waals surface area contributed by atoms with Crippen molar-refractivity contribution in [2.24, 2.45) is 0 Å². The largest absolute Gasteiger partial charge is 0.431 e. The SMILES string of the molecule is Nc1ccc2nc(Sc3cnnc4ccccc34)oc2c1. The molecule has 0 atom stereocenters. The zero-order valence-corrected chi connectivity index (χ0v) is 11.7. The maximum atomic E-state index is 5.75. The van der Waals surface area contributed by atoms with Gasteiger partial charge in [0.1, 0.15) is 5.52 Å². The van der Waals surface area contributed by atoms with Gasteiger partial charge in [0.25, 0.3) is 5.22 Å². The number of rotatable bonds is 2. The van der Waals surface area contributed by atoms with Crippen LogP contribution >= 0.6 is 11.8 Å². The van der Waals surface area contributed by atoms with Gasteiger partial charge in [0.2, 0.25) is 0 Å². The normalized spacial score (nSPS) is 11.2. The van der Waals surface area contributed by atoms with Gasteiger partial charge in [-0.3, -0.25) is 0 Å². The number of benzene rings is 2. The highest BCUT2D eigenvalue weighted by molar-refractivity contribution is 7.99. The molecule has 2 heterocycles. The number of hydrogen-bond acceptors (Lipinski definition) is 6. The van der Waals surface area contributed by atoms with E-state index in [0.717, 1.165) is 21.3 Å². The molecule has 2 aromatic carbocycles. The van der Waals surface area contributed by atoms with Gasteiger partial charge >= 0.3 is 0 Å². The lowest BCUT2D eigenvalue weighted by Crippen LogP contribution is -1.85. The molecule has 21 heavy (non-hydrogen) atoms. The molecule has 0 aliphatic rings. The van der Waals surface area contributed by atoms with Gasteiger partial charge in [-0.25, -0.2) is 4.98 Å². The Balaban J connectivity index is 1.79. The first-order valence-corrected chi connectivity index (χ1v) is 7.15. The first-order chi connectivity index (χ1) is 10.3. The van der Waals surface area contributed by atoms with Crippen LogP contribution in [-0.2, 0) is 0 Å². The lowest BCUT2D eigenvalue weighted by Gasteiger charge is -2.01. The van der Waals surface area contributed by atoms with Gasteiger partial charge in [-0.1, -0.05) is 18.2 Å². The third-order valence-corrected chi connectivity index (χ3v) is 3.99. The third-order valence-electron chi connectivity index (χ3n) is 3.10. The van der Waals surface area contributed by atoms with Crippen LogP contribution in [0.4, 0.5) is 5.69 Å². The topological polar surface area (TPSA) is 77.8 Å². The van der Waals surface area contributed by atoms with Gasteiger partial charge in [0, 0.05) is 22.0 Å². The summed E-state index contributed by atoms with van der Waals surface area (Å²) in [6.07, 6.45) is 1.72. The van der Waals surface area contributed by atoms with Crippen molar-refractivity contribution in [1.82, 2.24) is 15.2 Å².